The summed E-state index contributed by atoms with van der Waals surface area (Å²) in [4.78, 5) is 12.6. The zero-order chi connectivity index (χ0) is 13.8. The lowest BCUT2D eigenvalue weighted by Crippen LogP contribution is -2.07. The third kappa shape index (κ3) is 2.68. The monoisotopic (exact) mass is 254 g/mol. The highest BCUT2D eigenvalue weighted by Gasteiger charge is 2.14. The second-order valence-electron chi connectivity index (χ2n) is 4.52. The summed E-state index contributed by atoms with van der Waals surface area (Å²) in [6.07, 6.45) is 0.858. The van der Waals surface area contributed by atoms with E-state index in [2.05, 4.69) is 6.92 Å². The summed E-state index contributed by atoms with van der Waals surface area (Å²) < 4.78 is 5.17. The van der Waals surface area contributed by atoms with Gasteiger partial charge in [0.05, 0.1) is 7.11 Å². The van der Waals surface area contributed by atoms with E-state index in [1.165, 1.54) is 0 Å². The van der Waals surface area contributed by atoms with Crippen molar-refractivity contribution in [2.45, 2.75) is 20.3 Å². The van der Waals surface area contributed by atoms with Crippen molar-refractivity contribution in [3.8, 4) is 5.75 Å². The normalized spacial score (nSPS) is 10.3. The molecule has 0 atom stereocenters. The number of hydrogen-bond acceptors (Lipinski definition) is 2. The molecule has 0 aliphatic rings. The molecule has 0 unspecified atom stereocenters. The summed E-state index contributed by atoms with van der Waals surface area (Å²) in [5.74, 6) is 0.857. The maximum absolute atomic E-state index is 12.6. The second kappa shape index (κ2) is 5.70. The van der Waals surface area contributed by atoms with E-state index in [9.17, 15) is 4.79 Å². The van der Waals surface area contributed by atoms with Crippen molar-refractivity contribution >= 4 is 5.78 Å². The Morgan fingerprint density at radius 2 is 1.84 bits per heavy atom. The smallest absolute Gasteiger partial charge is 0.193 e. The Balaban J connectivity index is 2.44. The Hall–Kier alpha value is -2.09. The van der Waals surface area contributed by atoms with E-state index in [-0.39, 0.29) is 5.78 Å². The number of carbonyl (C=O) groups is 1. The summed E-state index contributed by atoms with van der Waals surface area (Å²) in [6.45, 7) is 4.00. The number of benzene rings is 2. The largest absolute Gasteiger partial charge is 0.497 e. The number of rotatable bonds is 4. The average molecular weight is 254 g/mol. The Labute approximate surface area is 114 Å². The predicted octanol–water partition coefficient (Wildman–Crippen LogP) is 3.80. The lowest BCUT2D eigenvalue weighted by Gasteiger charge is -2.10. The van der Waals surface area contributed by atoms with Crippen LogP contribution in [0.5, 0.6) is 5.75 Å². The molecular formula is C17H18O2. The van der Waals surface area contributed by atoms with Crippen LogP contribution in [-0.2, 0) is 6.42 Å². The molecule has 2 aromatic carbocycles. The highest BCUT2D eigenvalue weighted by molar-refractivity contribution is 6.10. The first-order valence-electron chi connectivity index (χ1n) is 6.44. The second-order valence-corrected chi connectivity index (χ2v) is 4.52. The van der Waals surface area contributed by atoms with Crippen LogP contribution in [0.15, 0.2) is 42.5 Å². The van der Waals surface area contributed by atoms with Gasteiger partial charge in [0.2, 0.25) is 0 Å². The number of hydrogen-bond donors (Lipinski definition) is 0. The van der Waals surface area contributed by atoms with Crippen molar-refractivity contribution in [1.29, 1.82) is 0 Å². The number of aryl methyl sites for hydroxylation is 2. The van der Waals surface area contributed by atoms with Gasteiger partial charge >= 0.3 is 0 Å². The van der Waals surface area contributed by atoms with Crippen molar-refractivity contribution in [2.75, 3.05) is 7.11 Å². The van der Waals surface area contributed by atoms with Gasteiger partial charge in [0.25, 0.3) is 0 Å². The van der Waals surface area contributed by atoms with Crippen LogP contribution in [-0.4, -0.2) is 12.9 Å². The van der Waals surface area contributed by atoms with Gasteiger partial charge in [-0.15, -0.1) is 0 Å². The van der Waals surface area contributed by atoms with Gasteiger partial charge in [-0.3, -0.25) is 4.79 Å². The quantitative estimate of drug-likeness (QED) is 0.776. The molecule has 0 N–H and O–H groups in total. The van der Waals surface area contributed by atoms with Crippen LogP contribution in [0.2, 0.25) is 0 Å². The number of carbonyl (C=O) groups excluding carboxylic acids is 1. The van der Waals surface area contributed by atoms with Gasteiger partial charge in [-0.1, -0.05) is 31.2 Å². The first-order chi connectivity index (χ1) is 9.17. The summed E-state index contributed by atoms with van der Waals surface area (Å²) in [7, 11) is 1.63. The number of ketones is 1. The van der Waals surface area contributed by atoms with Gasteiger partial charge < -0.3 is 4.74 Å². The molecule has 0 heterocycles. The molecule has 0 fully saturated rings. The summed E-state index contributed by atoms with van der Waals surface area (Å²) in [5, 5.41) is 0. The van der Waals surface area contributed by atoms with Crippen molar-refractivity contribution in [2.24, 2.45) is 0 Å². The van der Waals surface area contributed by atoms with Gasteiger partial charge in [-0.2, -0.15) is 0 Å². The lowest BCUT2D eigenvalue weighted by atomic mass is 9.94. The fraction of sp³-hybridized carbons (Fsp3) is 0.235. The molecule has 0 aliphatic heterocycles. The summed E-state index contributed by atoms with van der Waals surface area (Å²) in [5.41, 5.74) is 3.55. The molecule has 19 heavy (non-hydrogen) atoms. The van der Waals surface area contributed by atoms with Crippen LogP contribution in [0, 0.1) is 6.92 Å². The SMILES string of the molecule is CCc1ccccc1C(=O)c1ccc(OC)cc1C. The maximum Gasteiger partial charge on any atom is 0.193 e. The fourth-order valence-corrected chi connectivity index (χ4v) is 2.21. The van der Waals surface area contributed by atoms with E-state index >= 15 is 0 Å². The fourth-order valence-electron chi connectivity index (χ4n) is 2.21. The van der Waals surface area contributed by atoms with Crippen LogP contribution in [0.4, 0.5) is 0 Å². The topological polar surface area (TPSA) is 26.3 Å². The zero-order valence-corrected chi connectivity index (χ0v) is 11.6. The van der Waals surface area contributed by atoms with Crippen molar-refractivity contribution in [3.05, 3.63) is 64.7 Å². The Morgan fingerprint density at radius 3 is 2.47 bits per heavy atom. The van der Waals surface area contributed by atoms with Gasteiger partial charge in [-0.25, -0.2) is 0 Å². The molecule has 2 rings (SSSR count). The molecule has 0 saturated heterocycles. The van der Waals surface area contributed by atoms with Crippen LogP contribution in [0.25, 0.3) is 0 Å². The molecule has 0 bridgehead atoms. The van der Waals surface area contributed by atoms with Crippen molar-refractivity contribution in [3.63, 3.8) is 0 Å². The standard InChI is InChI=1S/C17H18O2/c1-4-13-7-5-6-8-16(13)17(18)15-10-9-14(19-3)11-12(15)2/h5-11H,4H2,1-3H3. The van der Waals surface area contributed by atoms with E-state index in [1.807, 2.05) is 49.4 Å². The number of methoxy groups -OCH3 is 1. The molecule has 0 aromatic heterocycles. The third-order valence-electron chi connectivity index (χ3n) is 3.32. The minimum absolute atomic E-state index is 0.0811. The molecule has 0 radical (unpaired) electrons. The Morgan fingerprint density at radius 1 is 1.11 bits per heavy atom. The minimum atomic E-state index is 0.0811. The molecule has 2 heteroatoms. The first kappa shape index (κ1) is 13.3. The molecule has 0 aliphatic carbocycles. The van der Waals surface area contributed by atoms with E-state index in [0.717, 1.165) is 34.4 Å². The maximum atomic E-state index is 12.6. The van der Waals surface area contributed by atoms with E-state index in [4.69, 9.17) is 4.74 Å². The zero-order valence-electron chi connectivity index (χ0n) is 11.6. The van der Waals surface area contributed by atoms with Crippen LogP contribution in [0.1, 0.15) is 34.0 Å². The van der Waals surface area contributed by atoms with Gasteiger partial charge in [0.15, 0.2) is 5.78 Å². The molecule has 0 amide bonds. The Kier molecular flexibility index (Phi) is 4.00. The average Bonchev–Trinajstić information content (AvgIpc) is 2.46. The van der Waals surface area contributed by atoms with Crippen molar-refractivity contribution < 1.29 is 9.53 Å². The van der Waals surface area contributed by atoms with E-state index in [0.29, 0.717) is 0 Å². The highest BCUT2D eigenvalue weighted by Crippen LogP contribution is 2.21. The van der Waals surface area contributed by atoms with Crippen LogP contribution >= 0.6 is 0 Å². The van der Waals surface area contributed by atoms with Gasteiger partial charge in [-0.05, 0) is 42.7 Å². The third-order valence-corrected chi connectivity index (χ3v) is 3.32. The van der Waals surface area contributed by atoms with Crippen LogP contribution in [0.3, 0.4) is 0 Å². The van der Waals surface area contributed by atoms with Gasteiger partial charge in [0.1, 0.15) is 5.75 Å². The Bertz CT molecular complexity index is 600. The van der Waals surface area contributed by atoms with E-state index in [1.54, 1.807) is 7.11 Å². The highest BCUT2D eigenvalue weighted by atomic mass is 16.5. The first-order valence-corrected chi connectivity index (χ1v) is 6.44. The molecular weight excluding hydrogens is 236 g/mol. The summed E-state index contributed by atoms with van der Waals surface area (Å²) in [6, 6.07) is 13.3. The molecule has 2 nitrogen and oxygen atoms in total. The lowest BCUT2D eigenvalue weighted by molar-refractivity contribution is 0.103. The van der Waals surface area contributed by atoms with E-state index < -0.39 is 0 Å². The molecule has 98 valence electrons. The molecule has 0 spiro atoms. The summed E-state index contributed by atoms with van der Waals surface area (Å²) >= 11 is 0. The van der Waals surface area contributed by atoms with Crippen LogP contribution < -0.4 is 4.74 Å². The minimum Gasteiger partial charge on any atom is -0.497 e. The molecule has 0 saturated carbocycles. The predicted molar refractivity (Wildman–Crippen MR) is 77.0 cm³/mol. The molecule has 2 aromatic rings. The number of ether oxygens (including phenoxy) is 1. The van der Waals surface area contributed by atoms with Crippen molar-refractivity contribution in [1.82, 2.24) is 0 Å². The van der Waals surface area contributed by atoms with Gasteiger partial charge in [0, 0.05) is 11.1 Å².